The van der Waals surface area contributed by atoms with Gasteiger partial charge < -0.3 is 5.73 Å². The van der Waals surface area contributed by atoms with E-state index in [1.165, 1.54) is 47.7 Å². The van der Waals surface area contributed by atoms with Crippen LogP contribution in [0.4, 0.5) is 0 Å². The molecule has 4 rings (SSSR count). The number of nitrogens with zero attached hydrogens (tertiary/aromatic N) is 2. The fourth-order valence-electron chi connectivity index (χ4n) is 4.18. The van der Waals surface area contributed by atoms with E-state index in [1.807, 2.05) is 11.3 Å². The van der Waals surface area contributed by atoms with Gasteiger partial charge in [0.25, 0.3) is 0 Å². The molecule has 3 heterocycles. The van der Waals surface area contributed by atoms with Gasteiger partial charge in [-0.2, -0.15) is 0 Å². The van der Waals surface area contributed by atoms with Gasteiger partial charge in [-0.25, -0.2) is 4.98 Å². The minimum absolute atomic E-state index is 0.113. The van der Waals surface area contributed by atoms with Crippen LogP contribution < -0.4 is 5.73 Å². The lowest BCUT2D eigenvalue weighted by Gasteiger charge is -2.31. The molecule has 1 saturated heterocycles. The Labute approximate surface area is 119 Å². The third-order valence-corrected chi connectivity index (χ3v) is 6.89. The third kappa shape index (κ3) is 1.80. The molecular formula is C15H23N3S. The van der Waals surface area contributed by atoms with E-state index >= 15 is 0 Å². The SMILES string of the molecule is CN1C2CCC1c1sc(C3(N)CCCCC3)nc1C2. The standard InChI is InChI=1S/C15H23N3S/c1-18-10-5-6-12(18)13-11(9-10)17-14(19-13)15(16)7-3-2-4-8-15/h10,12H,2-9,16H2,1H3. The summed E-state index contributed by atoms with van der Waals surface area (Å²) in [6.45, 7) is 0. The highest BCUT2D eigenvalue weighted by atomic mass is 32.1. The van der Waals surface area contributed by atoms with E-state index in [0.29, 0.717) is 6.04 Å². The van der Waals surface area contributed by atoms with Gasteiger partial charge in [-0.15, -0.1) is 11.3 Å². The molecule has 2 bridgehead atoms. The van der Waals surface area contributed by atoms with E-state index in [1.54, 1.807) is 0 Å². The number of hydrogen-bond acceptors (Lipinski definition) is 4. The second kappa shape index (κ2) is 4.27. The molecule has 2 unspecified atom stereocenters. The molecule has 0 aromatic carbocycles. The van der Waals surface area contributed by atoms with Gasteiger partial charge in [0.2, 0.25) is 0 Å². The van der Waals surface area contributed by atoms with Crippen molar-refractivity contribution in [2.45, 2.75) is 69.0 Å². The quantitative estimate of drug-likeness (QED) is 0.858. The highest BCUT2D eigenvalue weighted by Gasteiger charge is 2.42. The number of likely N-dealkylation sites (N-methyl/N-ethyl adjacent to an activating group) is 1. The topological polar surface area (TPSA) is 42.1 Å². The van der Waals surface area contributed by atoms with E-state index in [4.69, 9.17) is 10.7 Å². The number of hydrogen-bond donors (Lipinski definition) is 1. The Bertz CT molecular complexity index is 490. The molecule has 19 heavy (non-hydrogen) atoms. The fraction of sp³-hybridized carbons (Fsp3) is 0.800. The van der Waals surface area contributed by atoms with Crippen LogP contribution in [0.15, 0.2) is 0 Å². The lowest BCUT2D eigenvalue weighted by Crippen LogP contribution is -2.38. The zero-order valence-electron chi connectivity index (χ0n) is 11.7. The fourth-order valence-corrected chi connectivity index (χ4v) is 5.62. The van der Waals surface area contributed by atoms with Crippen LogP contribution in [0.2, 0.25) is 0 Å². The molecule has 4 heteroatoms. The van der Waals surface area contributed by atoms with Crippen molar-refractivity contribution in [2.24, 2.45) is 5.73 Å². The van der Waals surface area contributed by atoms with Gasteiger partial charge in [0, 0.05) is 23.4 Å². The molecule has 104 valence electrons. The number of nitrogens with two attached hydrogens (primary N) is 1. The molecule has 2 atom stereocenters. The summed E-state index contributed by atoms with van der Waals surface area (Å²) in [4.78, 5) is 9.08. The first kappa shape index (κ1) is 12.3. The number of rotatable bonds is 1. The lowest BCUT2D eigenvalue weighted by molar-refractivity contribution is 0.226. The Morgan fingerprint density at radius 1 is 1.26 bits per heavy atom. The maximum atomic E-state index is 6.66. The first-order valence-electron chi connectivity index (χ1n) is 7.68. The minimum Gasteiger partial charge on any atom is -0.319 e. The van der Waals surface area contributed by atoms with Gasteiger partial charge in [-0.1, -0.05) is 19.3 Å². The van der Waals surface area contributed by atoms with E-state index in [2.05, 4.69) is 11.9 Å². The third-order valence-electron chi connectivity index (χ3n) is 5.47. The van der Waals surface area contributed by atoms with Crippen molar-refractivity contribution in [3.05, 3.63) is 15.6 Å². The molecule has 2 fully saturated rings. The highest BCUT2D eigenvalue weighted by Crippen LogP contribution is 2.47. The molecule has 3 nitrogen and oxygen atoms in total. The Hall–Kier alpha value is -0.450. The van der Waals surface area contributed by atoms with Crippen molar-refractivity contribution >= 4 is 11.3 Å². The molecule has 3 aliphatic rings. The van der Waals surface area contributed by atoms with Crippen LogP contribution in [-0.4, -0.2) is 23.0 Å². The minimum atomic E-state index is -0.113. The molecular weight excluding hydrogens is 254 g/mol. The lowest BCUT2D eigenvalue weighted by atomic mass is 9.83. The molecule has 1 aromatic rings. The van der Waals surface area contributed by atoms with Gasteiger partial charge in [0.1, 0.15) is 5.01 Å². The van der Waals surface area contributed by atoms with Crippen molar-refractivity contribution in [1.29, 1.82) is 0 Å². The Morgan fingerprint density at radius 3 is 2.84 bits per heavy atom. The van der Waals surface area contributed by atoms with Crippen LogP contribution in [0.3, 0.4) is 0 Å². The van der Waals surface area contributed by atoms with Crippen LogP contribution in [0, 0.1) is 0 Å². The summed E-state index contributed by atoms with van der Waals surface area (Å²) in [7, 11) is 2.28. The van der Waals surface area contributed by atoms with Gasteiger partial charge >= 0.3 is 0 Å². The summed E-state index contributed by atoms with van der Waals surface area (Å²) in [5.41, 5.74) is 7.92. The number of fused-ring (bicyclic) bond motifs is 4. The van der Waals surface area contributed by atoms with Gasteiger partial charge in [-0.3, -0.25) is 4.90 Å². The molecule has 0 radical (unpaired) electrons. The van der Waals surface area contributed by atoms with Crippen LogP contribution in [0.5, 0.6) is 0 Å². The van der Waals surface area contributed by atoms with Crippen LogP contribution in [0.1, 0.15) is 66.6 Å². The highest BCUT2D eigenvalue weighted by molar-refractivity contribution is 7.12. The zero-order valence-corrected chi connectivity index (χ0v) is 12.5. The average Bonchev–Trinajstić information content (AvgIpc) is 2.93. The molecule has 2 aliphatic heterocycles. The summed E-state index contributed by atoms with van der Waals surface area (Å²) in [6, 6.07) is 1.36. The van der Waals surface area contributed by atoms with E-state index in [0.717, 1.165) is 25.3 Å². The van der Waals surface area contributed by atoms with Crippen LogP contribution in [-0.2, 0) is 12.0 Å². The van der Waals surface area contributed by atoms with E-state index < -0.39 is 0 Å². The second-order valence-electron chi connectivity index (χ2n) is 6.66. The molecule has 1 saturated carbocycles. The van der Waals surface area contributed by atoms with Crippen LogP contribution in [0.25, 0.3) is 0 Å². The van der Waals surface area contributed by atoms with Gasteiger partial charge in [-0.05, 0) is 32.7 Å². The first-order valence-corrected chi connectivity index (χ1v) is 8.50. The predicted octanol–water partition coefficient (Wildman–Crippen LogP) is 2.95. The molecule has 1 aliphatic carbocycles. The Kier molecular flexibility index (Phi) is 2.77. The van der Waals surface area contributed by atoms with E-state index in [9.17, 15) is 0 Å². The predicted molar refractivity (Wildman–Crippen MR) is 78.3 cm³/mol. The Morgan fingerprint density at radius 2 is 2.05 bits per heavy atom. The van der Waals surface area contributed by atoms with Crippen molar-refractivity contribution in [2.75, 3.05) is 7.05 Å². The zero-order chi connectivity index (χ0) is 13.0. The summed E-state index contributed by atoms with van der Waals surface area (Å²) in [6.07, 6.45) is 9.94. The maximum Gasteiger partial charge on any atom is 0.113 e. The van der Waals surface area contributed by atoms with Gasteiger partial charge in [0.15, 0.2) is 0 Å². The van der Waals surface area contributed by atoms with Crippen molar-refractivity contribution < 1.29 is 0 Å². The maximum absolute atomic E-state index is 6.66. The largest absolute Gasteiger partial charge is 0.319 e. The van der Waals surface area contributed by atoms with E-state index in [-0.39, 0.29) is 5.54 Å². The monoisotopic (exact) mass is 277 g/mol. The summed E-state index contributed by atoms with van der Waals surface area (Å²) >= 11 is 1.93. The first-order chi connectivity index (χ1) is 9.17. The van der Waals surface area contributed by atoms with Crippen molar-refractivity contribution in [3.63, 3.8) is 0 Å². The second-order valence-corrected chi connectivity index (χ2v) is 7.69. The Balaban J connectivity index is 1.70. The van der Waals surface area contributed by atoms with Crippen molar-refractivity contribution in [1.82, 2.24) is 9.88 Å². The summed E-state index contributed by atoms with van der Waals surface area (Å²) in [5, 5.41) is 1.23. The van der Waals surface area contributed by atoms with Gasteiger partial charge in [0.05, 0.1) is 11.2 Å². The summed E-state index contributed by atoms with van der Waals surface area (Å²) in [5.74, 6) is 0. The number of aromatic nitrogens is 1. The smallest absolute Gasteiger partial charge is 0.113 e. The molecule has 0 amide bonds. The summed E-state index contributed by atoms with van der Waals surface area (Å²) < 4.78 is 0. The number of thiazole rings is 1. The average molecular weight is 277 g/mol. The molecule has 2 N–H and O–H groups in total. The molecule has 0 spiro atoms. The molecule has 1 aromatic heterocycles. The normalized spacial score (nSPS) is 33.4. The van der Waals surface area contributed by atoms with Crippen molar-refractivity contribution in [3.8, 4) is 0 Å². The van der Waals surface area contributed by atoms with Crippen LogP contribution >= 0.6 is 11.3 Å².